The van der Waals surface area contributed by atoms with Crippen LogP contribution in [0.15, 0.2) is 12.1 Å². The molecule has 2 nitrogen and oxygen atoms in total. The van der Waals surface area contributed by atoms with Gasteiger partial charge >= 0.3 is 0 Å². The Labute approximate surface area is 105 Å². The third-order valence-electron chi connectivity index (χ3n) is 3.66. The van der Waals surface area contributed by atoms with E-state index < -0.39 is 22.8 Å². The second-order valence-corrected chi connectivity index (χ2v) is 5.22. The first kappa shape index (κ1) is 13.1. The molecule has 1 aliphatic rings. The number of Topliss-reactive ketones (excluding diaryl/α,β-unsaturated/α-hetero) is 1. The van der Waals surface area contributed by atoms with E-state index >= 15 is 0 Å². The van der Waals surface area contributed by atoms with Crippen LogP contribution in [-0.2, 0) is 0 Å². The molecule has 18 heavy (non-hydrogen) atoms. The molecule has 1 heterocycles. The van der Waals surface area contributed by atoms with E-state index in [0.29, 0.717) is 18.5 Å². The Morgan fingerprint density at radius 3 is 2.72 bits per heavy atom. The van der Waals surface area contributed by atoms with Gasteiger partial charge in [0.15, 0.2) is 5.78 Å². The number of piperidine rings is 1. The lowest BCUT2D eigenvalue weighted by Crippen LogP contribution is -2.44. The van der Waals surface area contributed by atoms with Gasteiger partial charge in [0, 0.05) is 12.0 Å². The molecule has 4 heteroatoms. The number of carbonyl (C=O) groups excluding carboxylic acids is 1. The van der Waals surface area contributed by atoms with Gasteiger partial charge in [-0.05, 0) is 37.9 Å². The Hall–Kier alpha value is -1.29. The minimum atomic E-state index is -0.769. The average Bonchev–Trinajstić information content (AvgIpc) is 2.35. The van der Waals surface area contributed by atoms with Crippen LogP contribution in [0.2, 0.25) is 0 Å². The molecule has 1 unspecified atom stereocenters. The molecular weight excluding hydrogens is 236 g/mol. The molecule has 1 N–H and O–H groups in total. The number of halogens is 2. The van der Waals surface area contributed by atoms with Crippen LogP contribution in [0, 0.1) is 24.0 Å². The van der Waals surface area contributed by atoms with Gasteiger partial charge in [0.25, 0.3) is 0 Å². The summed E-state index contributed by atoms with van der Waals surface area (Å²) in [5, 5.41) is 3.11. The highest BCUT2D eigenvalue weighted by Crippen LogP contribution is 2.32. The van der Waals surface area contributed by atoms with Gasteiger partial charge in [-0.1, -0.05) is 13.0 Å². The summed E-state index contributed by atoms with van der Waals surface area (Å²) in [7, 11) is 0. The molecule has 0 aliphatic carbocycles. The second kappa shape index (κ2) is 4.76. The van der Waals surface area contributed by atoms with E-state index in [4.69, 9.17) is 0 Å². The maximum atomic E-state index is 14.0. The van der Waals surface area contributed by atoms with Crippen LogP contribution in [0.5, 0.6) is 0 Å². The van der Waals surface area contributed by atoms with Crippen LogP contribution in [0.4, 0.5) is 8.78 Å². The van der Waals surface area contributed by atoms with E-state index in [1.165, 1.54) is 13.0 Å². The van der Waals surface area contributed by atoms with E-state index in [2.05, 4.69) is 5.32 Å². The SMILES string of the molecule is Cc1ccc(F)c(C(=O)C2(C)CCCNC2)c1F. The molecule has 0 aromatic heterocycles. The molecule has 98 valence electrons. The maximum Gasteiger partial charge on any atom is 0.175 e. The van der Waals surface area contributed by atoms with Gasteiger partial charge in [-0.3, -0.25) is 4.79 Å². The zero-order chi connectivity index (χ0) is 13.3. The van der Waals surface area contributed by atoms with Crippen LogP contribution in [0.1, 0.15) is 35.7 Å². The number of ketones is 1. The Kier molecular flexibility index (Phi) is 3.48. The fraction of sp³-hybridized carbons (Fsp3) is 0.500. The van der Waals surface area contributed by atoms with Crippen molar-refractivity contribution in [2.75, 3.05) is 13.1 Å². The molecule has 0 spiro atoms. The van der Waals surface area contributed by atoms with E-state index in [0.717, 1.165) is 19.0 Å². The number of hydrogen-bond acceptors (Lipinski definition) is 2. The average molecular weight is 253 g/mol. The summed E-state index contributed by atoms with van der Waals surface area (Å²) in [5.41, 5.74) is -0.804. The lowest BCUT2D eigenvalue weighted by Gasteiger charge is -2.32. The minimum absolute atomic E-state index is 0.298. The molecule has 1 aliphatic heterocycles. The van der Waals surface area contributed by atoms with Crippen molar-refractivity contribution in [3.63, 3.8) is 0 Å². The lowest BCUT2D eigenvalue weighted by molar-refractivity contribution is 0.0763. The van der Waals surface area contributed by atoms with E-state index in [1.807, 2.05) is 0 Å². The summed E-state index contributed by atoms with van der Waals surface area (Å²) in [6.07, 6.45) is 1.50. The summed E-state index contributed by atoms with van der Waals surface area (Å²) in [4.78, 5) is 12.4. The first-order valence-corrected chi connectivity index (χ1v) is 6.16. The van der Waals surface area contributed by atoms with Crippen LogP contribution >= 0.6 is 0 Å². The van der Waals surface area contributed by atoms with Crippen molar-refractivity contribution in [3.8, 4) is 0 Å². The molecular formula is C14H17F2NO. The van der Waals surface area contributed by atoms with Crippen LogP contribution in [0.3, 0.4) is 0 Å². The molecule has 0 saturated carbocycles. The predicted molar refractivity (Wildman–Crippen MR) is 65.6 cm³/mol. The second-order valence-electron chi connectivity index (χ2n) is 5.22. The van der Waals surface area contributed by atoms with Crippen LogP contribution in [0.25, 0.3) is 0 Å². The Morgan fingerprint density at radius 1 is 1.39 bits per heavy atom. The molecule has 1 saturated heterocycles. The van der Waals surface area contributed by atoms with Crippen molar-refractivity contribution >= 4 is 5.78 Å². The largest absolute Gasteiger partial charge is 0.316 e. The highest BCUT2D eigenvalue weighted by molar-refractivity contribution is 6.01. The zero-order valence-corrected chi connectivity index (χ0v) is 10.6. The molecule has 1 fully saturated rings. The first-order chi connectivity index (χ1) is 8.46. The Balaban J connectivity index is 2.42. The van der Waals surface area contributed by atoms with Gasteiger partial charge in [0.1, 0.15) is 11.6 Å². The maximum absolute atomic E-state index is 14.0. The highest BCUT2D eigenvalue weighted by Gasteiger charge is 2.38. The monoisotopic (exact) mass is 253 g/mol. The third kappa shape index (κ3) is 2.17. The number of aryl methyl sites for hydroxylation is 1. The van der Waals surface area contributed by atoms with Crippen LogP contribution < -0.4 is 5.32 Å². The Bertz CT molecular complexity index is 479. The third-order valence-corrected chi connectivity index (χ3v) is 3.66. The van der Waals surface area contributed by atoms with Gasteiger partial charge < -0.3 is 5.32 Å². The molecule has 0 radical (unpaired) electrons. The van der Waals surface area contributed by atoms with E-state index in [1.54, 1.807) is 6.92 Å². The standard InChI is InChI=1S/C14H17F2NO/c1-9-4-5-10(15)11(12(9)16)13(18)14(2)6-3-7-17-8-14/h4-5,17H,3,6-8H2,1-2H3. The van der Waals surface area contributed by atoms with Crippen molar-refractivity contribution in [1.82, 2.24) is 5.32 Å². The number of hydrogen-bond donors (Lipinski definition) is 1. The molecule has 1 atom stereocenters. The fourth-order valence-corrected chi connectivity index (χ4v) is 2.42. The van der Waals surface area contributed by atoms with Gasteiger partial charge in [0.2, 0.25) is 0 Å². The number of benzene rings is 1. The Morgan fingerprint density at radius 2 is 2.11 bits per heavy atom. The van der Waals surface area contributed by atoms with E-state index in [-0.39, 0.29) is 5.56 Å². The smallest absolute Gasteiger partial charge is 0.175 e. The van der Waals surface area contributed by atoms with Gasteiger partial charge in [-0.25, -0.2) is 8.78 Å². The number of rotatable bonds is 2. The highest BCUT2D eigenvalue weighted by atomic mass is 19.1. The van der Waals surface area contributed by atoms with E-state index in [9.17, 15) is 13.6 Å². The molecule has 2 rings (SSSR count). The van der Waals surface area contributed by atoms with Gasteiger partial charge in [-0.2, -0.15) is 0 Å². The molecule has 0 amide bonds. The molecule has 1 aromatic carbocycles. The van der Waals surface area contributed by atoms with Gasteiger partial charge in [-0.15, -0.1) is 0 Å². The van der Waals surface area contributed by atoms with Crippen molar-refractivity contribution in [1.29, 1.82) is 0 Å². The topological polar surface area (TPSA) is 29.1 Å². The first-order valence-electron chi connectivity index (χ1n) is 6.16. The van der Waals surface area contributed by atoms with Gasteiger partial charge in [0.05, 0.1) is 5.56 Å². The lowest BCUT2D eigenvalue weighted by atomic mass is 9.76. The quantitative estimate of drug-likeness (QED) is 0.821. The van der Waals surface area contributed by atoms with Crippen molar-refractivity contribution < 1.29 is 13.6 Å². The fourth-order valence-electron chi connectivity index (χ4n) is 2.42. The molecule has 0 bridgehead atoms. The summed E-state index contributed by atoms with van der Waals surface area (Å²) in [5.74, 6) is -1.94. The zero-order valence-electron chi connectivity index (χ0n) is 10.6. The normalized spacial score (nSPS) is 24.0. The van der Waals surface area contributed by atoms with Crippen LogP contribution in [-0.4, -0.2) is 18.9 Å². The summed E-state index contributed by atoms with van der Waals surface area (Å²) in [6.45, 7) is 4.62. The summed E-state index contributed by atoms with van der Waals surface area (Å²) >= 11 is 0. The molecule has 1 aromatic rings. The minimum Gasteiger partial charge on any atom is -0.316 e. The van der Waals surface area contributed by atoms with Crippen molar-refractivity contribution in [2.24, 2.45) is 5.41 Å². The van der Waals surface area contributed by atoms with Crippen molar-refractivity contribution in [2.45, 2.75) is 26.7 Å². The summed E-state index contributed by atoms with van der Waals surface area (Å²) in [6, 6.07) is 2.51. The number of nitrogens with one attached hydrogen (secondary N) is 1. The number of carbonyl (C=O) groups is 1. The summed E-state index contributed by atoms with van der Waals surface area (Å²) < 4.78 is 27.7. The predicted octanol–water partition coefficient (Wildman–Crippen LogP) is 2.85. The van der Waals surface area contributed by atoms with Crippen molar-refractivity contribution in [3.05, 3.63) is 34.9 Å².